The fourth-order valence-electron chi connectivity index (χ4n) is 3.41. The molecule has 7 heteroatoms. The summed E-state index contributed by atoms with van der Waals surface area (Å²) >= 11 is 0. The molecule has 146 valence electrons. The van der Waals surface area contributed by atoms with E-state index in [1.807, 2.05) is 17.4 Å². The van der Waals surface area contributed by atoms with Crippen LogP contribution in [0.3, 0.4) is 0 Å². The highest BCUT2D eigenvalue weighted by atomic mass is 32.2. The van der Waals surface area contributed by atoms with Crippen molar-refractivity contribution in [2.24, 2.45) is 5.92 Å². The molecular formula is C20H27N3O3S. The Labute approximate surface area is 161 Å². The number of hydrogen-bond donors (Lipinski definition) is 0. The fourth-order valence-corrected chi connectivity index (χ4v) is 4.47. The molecule has 1 aliphatic rings. The molecule has 0 unspecified atom stereocenters. The van der Waals surface area contributed by atoms with Gasteiger partial charge in [-0.05, 0) is 50.3 Å². The van der Waals surface area contributed by atoms with Crippen molar-refractivity contribution in [3.05, 3.63) is 48.5 Å². The molecule has 0 bridgehead atoms. The van der Waals surface area contributed by atoms with Crippen molar-refractivity contribution in [2.45, 2.75) is 49.8 Å². The molecule has 0 saturated carbocycles. The maximum Gasteiger partial charge on any atom is 0.226 e. The minimum atomic E-state index is -3.27. The molecule has 0 atom stereocenters. The van der Waals surface area contributed by atoms with Crippen LogP contribution in [0.25, 0.3) is 0 Å². The number of carbonyl (C=O) groups excluding carboxylic acids is 1. The molecule has 27 heavy (non-hydrogen) atoms. The van der Waals surface area contributed by atoms with Crippen LogP contribution in [0.4, 0.5) is 0 Å². The fraction of sp³-hybridized carbons (Fsp3) is 0.500. The maximum absolute atomic E-state index is 12.6. The molecule has 2 heterocycles. The number of rotatable bonds is 6. The van der Waals surface area contributed by atoms with Crippen LogP contribution in [0.1, 0.15) is 32.3 Å². The quantitative estimate of drug-likeness (QED) is 0.761. The van der Waals surface area contributed by atoms with Crippen molar-refractivity contribution < 1.29 is 13.2 Å². The standard InChI is InChI=1S/C20H27N3O3S/c1-16(2)27(25,26)19-5-3-17(4-6-19)13-20(24)23-10-7-18(8-11-23)14-22-12-9-21-15-22/h3-6,9,12,15-16,18H,7-8,10-11,13-14H2,1-2H3. The number of hydrogen-bond acceptors (Lipinski definition) is 4. The predicted molar refractivity (Wildman–Crippen MR) is 104 cm³/mol. The third kappa shape index (κ3) is 4.77. The second-order valence-electron chi connectivity index (χ2n) is 7.50. The van der Waals surface area contributed by atoms with E-state index in [2.05, 4.69) is 9.55 Å². The largest absolute Gasteiger partial charge is 0.342 e. The lowest BCUT2D eigenvalue weighted by atomic mass is 9.96. The number of carbonyl (C=O) groups is 1. The topological polar surface area (TPSA) is 72.3 Å². The lowest BCUT2D eigenvalue weighted by molar-refractivity contribution is -0.131. The Morgan fingerprint density at radius 2 is 1.85 bits per heavy atom. The number of aromatic nitrogens is 2. The minimum absolute atomic E-state index is 0.107. The van der Waals surface area contributed by atoms with Crippen LogP contribution in [0.5, 0.6) is 0 Å². The maximum atomic E-state index is 12.6. The number of piperidine rings is 1. The van der Waals surface area contributed by atoms with Crippen LogP contribution in [0.2, 0.25) is 0 Å². The Balaban J connectivity index is 1.52. The summed E-state index contributed by atoms with van der Waals surface area (Å²) in [5.41, 5.74) is 0.850. The Morgan fingerprint density at radius 1 is 1.19 bits per heavy atom. The van der Waals surface area contributed by atoms with E-state index in [-0.39, 0.29) is 5.91 Å². The van der Waals surface area contributed by atoms with Gasteiger partial charge in [0.2, 0.25) is 5.91 Å². The Kier molecular flexibility index (Phi) is 5.99. The molecule has 2 aromatic rings. The zero-order chi connectivity index (χ0) is 19.4. The van der Waals surface area contributed by atoms with Gasteiger partial charge in [0.15, 0.2) is 9.84 Å². The molecule has 1 fully saturated rings. The number of likely N-dealkylation sites (tertiary alicyclic amines) is 1. The highest BCUT2D eigenvalue weighted by molar-refractivity contribution is 7.92. The summed E-state index contributed by atoms with van der Waals surface area (Å²) in [5.74, 6) is 0.680. The number of sulfone groups is 1. The van der Waals surface area contributed by atoms with Gasteiger partial charge in [0, 0.05) is 32.0 Å². The summed E-state index contributed by atoms with van der Waals surface area (Å²) in [6, 6.07) is 6.71. The van der Waals surface area contributed by atoms with E-state index in [1.165, 1.54) is 0 Å². The van der Waals surface area contributed by atoms with Crippen molar-refractivity contribution in [2.75, 3.05) is 13.1 Å². The molecule has 0 aliphatic carbocycles. The first-order valence-corrected chi connectivity index (χ1v) is 11.0. The molecule has 1 aromatic heterocycles. The molecule has 1 aliphatic heterocycles. The Morgan fingerprint density at radius 3 is 2.41 bits per heavy atom. The summed E-state index contributed by atoms with van der Waals surface area (Å²) < 4.78 is 26.4. The van der Waals surface area contributed by atoms with Crippen LogP contribution < -0.4 is 0 Å². The first-order valence-electron chi connectivity index (χ1n) is 9.42. The summed E-state index contributed by atoms with van der Waals surface area (Å²) in [6.45, 7) is 5.84. The first kappa shape index (κ1) is 19.6. The van der Waals surface area contributed by atoms with Gasteiger partial charge in [-0.25, -0.2) is 13.4 Å². The van der Waals surface area contributed by atoms with Crippen LogP contribution in [0, 0.1) is 5.92 Å². The molecule has 6 nitrogen and oxygen atoms in total. The van der Waals surface area contributed by atoms with E-state index in [4.69, 9.17) is 0 Å². The van der Waals surface area contributed by atoms with Gasteiger partial charge < -0.3 is 9.47 Å². The van der Waals surface area contributed by atoms with E-state index >= 15 is 0 Å². The third-order valence-electron chi connectivity index (χ3n) is 5.22. The third-order valence-corrected chi connectivity index (χ3v) is 7.39. The van der Waals surface area contributed by atoms with Crippen LogP contribution in [0.15, 0.2) is 47.9 Å². The van der Waals surface area contributed by atoms with Gasteiger partial charge in [-0.1, -0.05) is 12.1 Å². The smallest absolute Gasteiger partial charge is 0.226 e. The summed E-state index contributed by atoms with van der Waals surface area (Å²) in [5, 5.41) is -0.450. The van der Waals surface area contributed by atoms with E-state index in [0.717, 1.165) is 38.0 Å². The lowest BCUT2D eigenvalue weighted by Crippen LogP contribution is -2.40. The molecule has 0 radical (unpaired) electrons. The summed E-state index contributed by atoms with van der Waals surface area (Å²) in [6.07, 6.45) is 7.90. The summed E-state index contributed by atoms with van der Waals surface area (Å²) in [4.78, 5) is 18.9. The van der Waals surface area contributed by atoms with Gasteiger partial charge in [-0.2, -0.15) is 0 Å². The number of benzene rings is 1. The monoisotopic (exact) mass is 389 g/mol. The second-order valence-corrected chi connectivity index (χ2v) is 10.0. The van der Waals surface area contributed by atoms with Gasteiger partial charge in [-0.15, -0.1) is 0 Å². The van der Waals surface area contributed by atoms with Gasteiger partial charge in [0.1, 0.15) is 0 Å². The number of imidazole rings is 1. The molecule has 0 N–H and O–H groups in total. The van der Waals surface area contributed by atoms with E-state index in [1.54, 1.807) is 44.3 Å². The van der Waals surface area contributed by atoms with Crippen LogP contribution in [-0.4, -0.2) is 47.1 Å². The molecule has 1 aromatic carbocycles. The highest BCUT2D eigenvalue weighted by Crippen LogP contribution is 2.21. The van der Waals surface area contributed by atoms with Gasteiger partial charge >= 0.3 is 0 Å². The first-order chi connectivity index (χ1) is 12.9. The predicted octanol–water partition coefficient (Wildman–Crippen LogP) is 2.55. The molecular weight excluding hydrogens is 362 g/mol. The Bertz CT molecular complexity index is 850. The zero-order valence-corrected chi connectivity index (χ0v) is 16.7. The van der Waals surface area contributed by atoms with Crippen molar-refractivity contribution in [1.82, 2.24) is 14.5 Å². The SMILES string of the molecule is CC(C)S(=O)(=O)c1ccc(CC(=O)N2CCC(Cn3ccnc3)CC2)cc1. The van der Waals surface area contributed by atoms with Crippen molar-refractivity contribution in [3.8, 4) is 0 Å². The van der Waals surface area contributed by atoms with E-state index < -0.39 is 15.1 Å². The van der Waals surface area contributed by atoms with E-state index in [9.17, 15) is 13.2 Å². The van der Waals surface area contributed by atoms with Crippen molar-refractivity contribution in [1.29, 1.82) is 0 Å². The lowest BCUT2D eigenvalue weighted by Gasteiger charge is -2.32. The van der Waals surface area contributed by atoms with Gasteiger partial charge in [0.05, 0.1) is 22.9 Å². The molecule has 3 rings (SSSR count). The van der Waals surface area contributed by atoms with Crippen LogP contribution in [-0.2, 0) is 27.6 Å². The van der Waals surface area contributed by atoms with Crippen LogP contribution >= 0.6 is 0 Å². The second kappa shape index (κ2) is 8.25. The van der Waals surface area contributed by atoms with Crippen molar-refractivity contribution >= 4 is 15.7 Å². The average molecular weight is 390 g/mol. The zero-order valence-electron chi connectivity index (χ0n) is 15.9. The number of amides is 1. The molecule has 1 amide bonds. The molecule has 0 spiro atoms. The minimum Gasteiger partial charge on any atom is -0.342 e. The highest BCUT2D eigenvalue weighted by Gasteiger charge is 2.23. The van der Waals surface area contributed by atoms with Gasteiger partial charge in [-0.3, -0.25) is 4.79 Å². The summed E-state index contributed by atoms with van der Waals surface area (Å²) in [7, 11) is -3.27. The van der Waals surface area contributed by atoms with E-state index in [0.29, 0.717) is 17.2 Å². The number of nitrogens with zero attached hydrogens (tertiary/aromatic N) is 3. The normalized spacial score (nSPS) is 16.0. The average Bonchev–Trinajstić information content (AvgIpc) is 3.15. The van der Waals surface area contributed by atoms with Gasteiger partial charge in [0.25, 0.3) is 0 Å². The Hall–Kier alpha value is -2.15. The van der Waals surface area contributed by atoms with Crippen molar-refractivity contribution in [3.63, 3.8) is 0 Å². The molecule has 1 saturated heterocycles.